The van der Waals surface area contributed by atoms with Gasteiger partial charge in [-0.15, -0.1) is 0 Å². The maximum absolute atomic E-state index is 2.22. The third-order valence-electron chi connectivity index (χ3n) is 2.66. The molecule has 0 aliphatic carbocycles. The van der Waals surface area contributed by atoms with Gasteiger partial charge >= 0.3 is 0 Å². The summed E-state index contributed by atoms with van der Waals surface area (Å²) in [6.45, 7) is 2.19. The predicted octanol–water partition coefficient (Wildman–Crippen LogP) is 4.10. The second-order valence-electron chi connectivity index (χ2n) is 3.60. The lowest BCUT2D eigenvalue weighted by Gasteiger charge is -1.88. The van der Waals surface area contributed by atoms with E-state index in [1.54, 1.807) is 0 Å². The first-order valence-electron chi connectivity index (χ1n) is 4.77. The number of rotatable bonds is 0. The molecule has 14 heavy (non-hydrogen) atoms. The van der Waals surface area contributed by atoms with Crippen LogP contribution >= 0.6 is 11.3 Å². The van der Waals surface area contributed by atoms with E-state index in [-0.39, 0.29) is 0 Å². The van der Waals surface area contributed by atoms with Crippen molar-refractivity contribution in [2.45, 2.75) is 6.92 Å². The first-order valence-corrected chi connectivity index (χ1v) is 5.66. The molecule has 0 aliphatic heterocycles. The maximum atomic E-state index is 2.22. The van der Waals surface area contributed by atoms with Crippen LogP contribution in [-0.2, 0) is 0 Å². The van der Waals surface area contributed by atoms with Gasteiger partial charge in [0.25, 0.3) is 0 Å². The van der Waals surface area contributed by atoms with Crippen LogP contribution in [0.4, 0.5) is 0 Å². The number of hydrogen-bond donors (Lipinski definition) is 0. The number of thiophene rings is 1. The minimum absolute atomic E-state index is 1.37. The van der Waals surface area contributed by atoms with Crippen LogP contribution < -0.4 is 0 Å². The van der Waals surface area contributed by atoms with E-state index in [1.807, 2.05) is 0 Å². The van der Waals surface area contributed by atoms with Crippen molar-refractivity contribution in [3.63, 3.8) is 0 Å². The highest BCUT2D eigenvalue weighted by Gasteiger charge is 2.11. The highest BCUT2D eigenvalue weighted by atomic mass is 32.1. The van der Waals surface area contributed by atoms with Crippen molar-refractivity contribution in [3.05, 3.63) is 48.0 Å². The Morgan fingerprint density at radius 2 is 1.64 bits per heavy atom. The molecule has 2 aromatic carbocycles. The summed E-state index contributed by atoms with van der Waals surface area (Å²) in [5, 5.41) is 2.83. The van der Waals surface area contributed by atoms with Gasteiger partial charge in [0, 0.05) is 16.3 Å². The van der Waals surface area contributed by atoms with E-state index in [9.17, 15) is 0 Å². The van der Waals surface area contributed by atoms with E-state index in [4.69, 9.17) is 0 Å². The van der Waals surface area contributed by atoms with Gasteiger partial charge in [0.05, 0.1) is 0 Å². The molecule has 3 rings (SSSR count). The van der Waals surface area contributed by atoms with E-state index in [0.717, 1.165) is 0 Å². The molecular weight excluding hydrogens is 188 g/mol. The maximum Gasteiger partial charge on any atom is 0.182 e. The van der Waals surface area contributed by atoms with Crippen LogP contribution in [0.5, 0.6) is 0 Å². The second kappa shape index (κ2) is 2.82. The van der Waals surface area contributed by atoms with Gasteiger partial charge in [-0.25, -0.2) is 0 Å². The Balaban J connectivity index is 2.63. The average Bonchev–Trinajstić information content (AvgIpc) is 2.59. The molecule has 3 aromatic rings. The van der Waals surface area contributed by atoms with Gasteiger partial charge in [-0.3, -0.25) is 0 Å². The lowest BCUT2D eigenvalue weighted by Crippen LogP contribution is -1.69. The fourth-order valence-electron chi connectivity index (χ4n) is 1.94. The number of aryl methyl sites for hydroxylation is 1. The van der Waals surface area contributed by atoms with Crippen LogP contribution in [0.3, 0.4) is 0 Å². The highest BCUT2D eigenvalue weighted by molar-refractivity contribution is 7.26. The van der Waals surface area contributed by atoms with Gasteiger partial charge in [-0.2, -0.15) is 0 Å². The predicted molar refractivity (Wildman–Crippen MR) is 65.5 cm³/mol. The zero-order valence-corrected chi connectivity index (χ0v) is 8.88. The highest BCUT2D eigenvalue weighted by Crippen LogP contribution is 2.35. The quantitative estimate of drug-likeness (QED) is 0.478. The van der Waals surface area contributed by atoms with Crippen molar-refractivity contribution < 1.29 is 0 Å². The molecule has 0 aliphatic rings. The smallest absolute Gasteiger partial charge is 0.0612 e. The fourth-order valence-corrected chi connectivity index (χ4v) is 3.23. The SMILES string of the molecule is Cc1cccc2c1[sH+]c1ccccc12. The summed E-state index contributed by atoms with van der Waals surface area (Å²) in [5.41, 5.74) is 1.40. The van der Waals surface area contributed by atoms with Gasteiger partial charge < -0.3 is 0 Å². The Kier molecular flexibility index (Phi) is 1.62. The number of benzene rings is 2. The van der Waals surface area contributed by atoms with Gasteiger partial charge in [-0.1, -0.05) is 24.3 Å². The van der Waals surface area contributed by atoms with Crippen LogP contribution in [-0.4, -0.2) is 0 Å². The Bertz CT molecular complexity index is 605. The number of hydrogen-bond acceptors (Lipinski definition) is 0. The Morgan fingerprint density at radius 1 is 0.857 bits per heavy atom. The molecule has 0 radical (unpaired) electrons. The summed E-state index contributed by atoms with van der Waals surface area (Å²) in [7, 11) is 0. The lowest BCUT2D eigenvalue weighted by atomic mass is 10.1. The number of fused-ring (bicyclic) bond motifs is 3. The zero-order chi connectivity index (χ0) is 9.54. The van der Waals surface area contributed by atoms with E-state index < -0.39 is 0 Å². The fraction of sp³-hybridized carbons (Fsp3) is 0.0769. The molecule has 0 spiro atoms. The molecule has 0 saturated carbocycles. The first-order chi connectivity index (χ1) is 6.86. The summed E-state index contributed by atoms with van der Waals surface area (Å²) in [5.74, 6) is 0. The lowest BCUT2D eigenvalue weighted by molar-refractivity contribution is 1.56. The van der Waals surface area contributed by atoms with Crippen molar-refractivity contribution in [2.75, 3.05) is 0 Å². The zero-order valence-electron chi connectivity index (χ0n) is 7.99. The van der Waals surface area contributed by atoms with E-state index >= 15 is 0 Å². The van der Waals surface area contributed by atoms with Crippen molar-refractivity contribution >= 4 is 31.5 Å². The van der Waals surface area contributed by atoms with E-state index in [2.05, 4.69) is 49.4 Å². The molecular formula is C13H11S+. The van der Waals surface area contributed by atoms with Crippen molar-refractivity contribution in [1.82, 2.24) is 0 Å². The van der Waals surface area contributed by atoms with Crippen LogP contribution in [0, 0.1) is 6.92 Å². The molecule has 1 heteroatoms. The summed E-state index contributed by atoms with van der Waals surface area (Å²) in [6.07, 6.45) is 0. The first kappa shape index (κ1) is 8.01. The summed E-state index contributed by atoms with van der Waals surface area (Å²) >= 11 is 1.37. The summed E-state index contributed by atoms with van der Waals surface area (Å²) < 4.78 is 2.92. The second-order valence-corrected chi connectivity index (χ2v) is 4.75. The molecule has 0 atom stereocenters. The Hall–Kier alpha value is -1.34. The minimum atomic E-state index is 1.37. The van der Waals surface area contributed by atoms with Gasteiger partial charge in [0.15, 0.2) is 9.40 Å². The molecule has 0 bridgehead atoms. The van der Waals surface area contributed by atoms with Gasteiger partial charge in [0.1, 0.15) is 0 Å². The van der Waals surface area contributed by atoms with Crippen LogP contribution in [0.1, 0.15) is 5.56 Å². The van der Waals surface area contributed by atoms with Gasteiger partial charge in [-0.05, 0) is 36.5 Å². The molecule has 0 fully saturated rings. The minimum Gasteiger partial charge on any atom is -0.0612 e. The van der Waals surface area contributed by atoms with Crippen molar-refractivity contribution in [2.24, 2.45) is 0 Å². The monoisotopic (exact) mass is 199 g/mol. The Morgan fingerprint density at radius 3 is 2.57 bits per heavy atom. The summed E-state index contributed by atoms with van der Waals surface area (Å²) in [6, 6.07) is 15.2. The molecule has 1 heterocycles. The molecule has 0 N–H and O–H groups in total. The van der Waals surface area contributed by atoms with E-state index in [0.29, 0.717) is 0 Å². The van der Waals surface area contributed by atoms with Crippen molar-refractivity contribution in [1.29, 1.82) is 0 Å². The van der Waals surface area contributed by atoms with Crippen LogP contribution in [0.25, 0.3) is 20.2 Å². The molecule has 68 valence electrons. The third-order valence-corrected chi connectivity index (χ3v) is 4.11. The topological polar surface area (TPSA) is 0 Å². The normalized spacial score (nSPS) is 11.2. The van der Waals surface area contributed by atoms with Gasteiger partial charge in [0.2, 0.25) is 0 Å². The third kappa shape index (κ3) is 0.992. The molecule has 0 unspecified atom stereocenters. The van der Waals surface area contributed by atoms with Crippen LogP contribution in [0.2, 0.25) is 0 Å². The summed E-state index contributed by atoms with van der Waals surface area (Å²) in [4.78, 5) is 0. The molecule has 0 amide bonds. The Labute approximate surface area is 86.8 Å². The average molecular weight is 199 g/mol. The van der Waals surface area contributed by atoms with Crippen molar-refractivity contribution in [3.8, 4) is 0 Å². The molecule has 0 nitrogen and oxygen atoms in total. The standard InChI is InChI=1S/C13H10S/c1-9-5-4-7-11-10-6-2-3-8-12(10)14-13(9)11/h2-8H,1H3/p+1. The largest absolute Gasteiger partial charge is 0.182 e. The molecule has 0 saturated heterocycles. The van der Waals surface area contributed by atoms with E-state index in [1.165, 1.54) is 37.1 Å². The van der Waals surface area contributed by atoms with Crippen LogP contribution in [0.15, 0.2) is 42.5 Å². The molecule has 1 aromatic heterocycles.